The van der Waals surface area contributed by atoms with E-state index in [1.54, 1.807) is 0 Å². The fraction of sp³-hybridized carbons (Fsp3) is 0.357. The molecule has 0 fully saturated rings. The summed E-state index contributed by atoms with van der Waals surface area (Å²) in [5, 5.41) is 4.11. The van der Waals surface area contributed by atoms with Gasteiger partial charge in [-0.1, -0.05) is 37.0 Å². The molecule has 21 heavy (non-hydrogen) atoms. The summed E-state index contributed by atoms with van der Waals surface area (Å²) in [6, 6.07) is 4.80. The van der Waals surface area contributed by atoms with Gasteiger partial charge in [-0.2, -0.15) is 18.3 Å². The summed E-state index contributed by atoms with van der Waals surface area (Å²) in [6.07, 6.45) is -3.22. The van der Waals surface area contributed by atoms with Gasteiger partial charge in [0.2, 0.25) is 0 Å². The Morgan fingerprint density at radius 1 is 1.14 bits per heavy atom. The van der Waals surface area contributed by atoms with E-state index in [9.17, 15) is 13.2 Å². The average Bonchev–Trinajstić information content (AvgIpc) is 2.80. The number of hydrogen-bond acceptors (Lipinski definition) is 1. The van der Waals surface area contributed by atoms with E-state index in [2.05, 4.69) is 11.2 Å². The van der Waals surface area contributed by atoms with Gasteiger partial charge in [0, 0.05) is 6.07 Å². The summed E-state index contributed by atoms with van der Waals surface area (Å²) in [5.41, 5.74) is 0.791. The Hall–Kier alpha value is -1.20. The van der Waals surface area contributed by atoms with Crippen molar-refractivity contribution >= 4 is 23.2 Å². The van der Waals surface area contributed by atoms with E-state index < -0.39 is 11.7 Å². The highest BCUT2D eigenvalue weighted by molar-refractivity contribution is 6.37. The van der Waals surface area contributed by atoms with Crippen molar-refractivity contribution in [3.8, 4) is 5.69 Å². The number of hydrogen-bond donors (Lipinski definition) is 0. The number of alkyl halides is 3. The van der Waals surface area contributed by atoms with Gasteiger partial charge in [0.1, 0.15) is 5.69 Å². The highest BCUT2D eigenvalue weighted by atomic mass is 35.5. The lowest BCUT2D eigenvalue weighted by molar-refractivity contribution is -0.137. The first-order valence-corrected chi connectivity index (χ1v) is 7.10. The van der Waals surface area contributed by atoms with E-state index in [-0.39, 0.29) is 15.7 Å². The molecular weight excluding hydrogens is 324 g/mol. The molecule has 0 atom stereocenters. The van der Waals surface area contributed by atoms with E-state index in [0.717, 1.165) is 17.8 Å². The summed E-state index contributed by atoms with van der Waals surface area (Å²) < 4.78 is 39.7. The van der Waals surface area contributed by atoms with Gasteiger partial charge in [-0.25, -0.2) is 4.68 Å². The third-order valence-electron chi connectivity index (χ3n) is 2.99. The molecule has 0 spiro atoms. The van der Waals surface area contributed by atoms with Gasteiger partial charge in [0.15, 0.2) is 0 Å². The predicted molar refractivity (Wildman–Crippen MR) is 76.2 cm³/mol. The molecule has 7 heteroatoms. The highest BCUT2D eigenvalue weighted by Gasteiger charge is 2.32. The molecule has 2 aromatic rings. The molecule has 0 N–H and O–H groups in total. The largest absolute Gasteiger partial charge is 0.416 e. The van der Waals surface area contributed by atoms with Gasteiger partial charge < -0.3 is 0 Å². The fourth-order valence-corrected chi connectivity index (χ4v) is 2.59. The predicted octanol–water partition coefficient (Wildman–Crippen LogP) is 5.12. The Balaban J connectivity index is 2.62. The maximum atomic E-state index is 12.7. The van der Waals surface area contributed by atoms with E-state index in [0.29, 0.717) is 18.5 Å². The van der Waals surface area contributed by atoms with E-state index >= 15 is 0 Å². The second-order valence-corrected chi connectivity index (χ2v) is 5.24. The number of nitrogens with zero attached hydrogens (tertiary/aromatic N) is 2. The van der Waals surface area contributed by atoms with Crippen LogP contribution < -0.4 is 0 Å². The van der Waals surface area contributed by atoms with Gasteiger partial charge in [-0.3, -0.25) is 0 Å². The van der Waals surface area contributed by atoms with Crippen molar-refractivity contribution in [3.63, 3.8) is 0 Å². The molecule has 113 valence electrons. The molecule has 1 aromatic heterocycles. The van der Waals surface area contributed by atoms with Crippen LogP contribution in [0.1, 0.15) is 30.8 Å². The second-order valence-electron chi connectivity index (χ2n) is 4.42. The van der Waals surface area contributed by atoms with Crippen LogP contribution in [0.2, 0.25) is 10.0 Å². The summed E-state index contributed by atoms with van der Waals surface area (Å²) in [6.45, 7) is 3.81. The normalized spacial score (nSPS) is 12.0. The van der Waals surface area contributed by atoms with Crippen LogP contribution in [-0.4, -0.2) is 9.78 Å². The summed E-state index contributed by atoms with van der Waals surface area (Å²) >= 11 is 12.0. The summed E-state index contributed by atoms with van der Waals surface area (Å²) in [4.78, 5) is 0. The SMILES string of the molecule is CCc1[c]c(CC)n(-c2c(Cl)cc(C(F)(F)F)cc2Cl)n1. The van der Waals surface area contributed by atoms with Crippen LogP contribution in [-0.2, 0) is 19.0 Å². The maximum absolute atomic E-state index is 12.7. The first-order valence-electron chi connectivity index (χ1n) is 6.34. The van der Waals surface area contributed by atoms with Crippen LogP contribution in [0.25, 0.3) is 5.69 Å². The monoisotopic (exact) mass is 335 g/mol. The number of aromatic nitrogens is 2. The lowest BCUT2D eigenvalue weighted by Gasteiger charge is -2.13. The van der Waals surface area contributed by atoms with Crippen LogP contribution in [0.15, 0.2) is 12.1 Å². The quantitative estimate of drug-likeness (QED) is 0.760. The number of aryl methyl sites for hydroxylation is 2. The fourth-order valence-electron chi connectivity index (χ4n) is 1.94. The van der Waals surface area contributed by atoms with Crippen molar-refractivity contribution in [2.45, 2.75) is 32.9 Å². The number of halogens is 5. The first-order chi connectivity index (χ1) is 9.77. The molecule has 2 rings (SSSR count). The van der Waals surface area contributed by atoms with Crippen molar-refractivity contribution < 1.29 is 13.2 Å². The molecule has 2 nitrogen and oxygen atoms in total. The van der Waals surface area contributed by atoms with Crippen LogP contribution in [0, 0.1) is 6.07 Å². The molecule has 0 aliphatic heterocycles. The van der Waals surface area contributed by atoms with E-state index in [1.807, 2.05) is 13.8 Å². The molecule has 0 aliphatic carbocycles. The Bertz CT molecular complexity index is 640. The Labute approximate surface area is 130 Å². The molecule has 1 radical (unpaired) electrons. The molecule has 0 aliphatic rings. The van der Waals surface area contributed by atoms with Crippen molar-refractivity contribution in [2.24, 2.45) is 0 Å². The van der Waals surface area contributed by atoms with Crippen molar-refractivity contribution in [1.82, 2.24) is 9.78 Å². The van der Waals surface area contributed by atoms with Crippen molar-refractivity contribution in [2.75, 3.05) is 0 Å². The molecular formula is C14H12Cl2F3N2. The molecule has 1 aromatic carbocycles. The topological polar surface area (TPSA) is 17.8 Å². The minimum absolute atomic E-state index is 0.0938. The zero-order valence-electron chi connectivity index (χ0n) is 11.4. The van der Waals surface area contributed by atoms with Gasteiger partial charge in [0.25, 0.3) is 0 Å². The number of benzene rings is 1. The van der Waals surface area contributed by atoms with Gasteiger partial charge in [-0.05, 0) is 25.0 Å². The second kappa shape index (κ2) is 5.89. The maximum Gasteiger partial charge on any atom is 0.416 e. The third kappa shape index (κ3) is 3.19. The Kier molecular flexibility index (Phi) is 4.54. The smallest absolute Gasteiger partial charge is 0.234 e. The summed E-state index contributed by atoms with van der Waals surface area (Å²) in [7, 11) is 0. The van der Waals surface area contributed by atoms with Gasteiger partial charge >= 0.3 is 6.18 Å². The van der Waals surface area contributed by atoms with Crippen LogP contribution in [0.3, 0.4) is 0 Å². The standard InChI is InChI=1S/C14H12Cl2F3N2/c1-3-9-7-10(4-2)21(20-9)13-11(15)5-8(6-12(13)16)14(17,18)19/h5-6H,3-4H2,1-2H3. The van der Waals surface area contributed by atoms with Crippen molar-refractivity contribution in [1.29, 1.82) is 0 Å². The zero-order chi connectivity index (χ0) is 15.8. The molecule has 1 heterocycles. The molecule has 0 saturated heterocycles. The lowest BCUT2D eigenvalue weighted by Crippen LogP contribution is -2.08. The van der Waals surface area contributed by atoms with Crippen molar-refractivity contribution in [3.05, 3.63) is 45.2 Å². The van der Waals surface area contributed by atoms with E-state index in [1.165, 1.54) is 4.68 Å². The minimum atomic E-state index is -4.50. The Morgan fingerprint density at radius 3 is 2.14 bits per heavy atom. The molecule has 0 unspecified atom stereocenters. The molecule has 0 bridgehead atoms. The highest BCUT2D eigenvalue weighted by Crippen LogP contribution is 2.37. The summed E-state index contributed by atoms with van der Waals surface area (Å²) in [5.74, 6) is 0. The average molecular weight is 336 g/mol. The van der Waals surface area contributed by atoms with E-state index in [4.69, 9.17) is 23.2 Å². The van der Waals surface area contributed by atoms with Crippen LogP contribution in [0.4, 0.5) is 13.2 Å². The lowest BCUT2D eigenvalue weighted by atomic mass is 10.2. The molecule has 0 saturated carbocycles. The van der Waals surface area contributed by atoms with Crippen LogP contribution >= 0.6 is 23.2 Å². The zero-order valence-corrected chi connectivity index (χ0v) is 12.9. The third-order valence-corrected chi connectivity index (χ3v) is 3.57. The van der Waals surface area contributed by atoms with Crippen LogP contribution in [0.5, 0.6) is 0 Å². The Morgan fingerprint density at radius 2 is 1.71 bits per heavy atom. The first kappa shape index (κ1) is 16.2. The van der Waals surface area contributed by atoms with Gasteiger partial charge in [0.05, 0.1) is 27.0 Å². The van der Waals surface area contributed by atoms with Gasteiger partial charge in [-0.15, -0.1) is 0 Å². The molecule has 0 amide bonds. The number of rotatable bonds is 3. The minimum Gasteiger partial charge on any atom is -0.234 e.